The van der Waals surface area contributed by atoms with Crippen molar-refractivity contribution in [2.75, 3.05) is 11.9 Å². The molecule has 170 valence electrons. The molecule has 0 aliphatic carbocycles. The van der Waals surface area contributed by atoms with Gasteiger partial charge in [-0.25, -0.2) is 0 Å². The molecule has 0 atom stereocenters. The van der Waals surface area contributed by atoms with Gasteiger partial charge in [0.15, 0.2) is 0 Å². The molecule has 0 N–H and O–H groups in total. The second-order valence-electron chi connectivity index (χ2n) is 8.99. The van der Waals surface area contributed by atoms with Gasteiger partial charge in [-0.1, -0.05) is 38.1 Å². The Morgan fingerprint density at radius 1 is 1.00 bits per heavy atom. The van der Waals surface area contributed by atoms with Crippen molar-refractivity contribution in [3.05, 3.63) is 77.7 Å². The van der Waals surface area contributed by atoms with E-state index < -0.39 is 5.97 Å². The van der Waals surface area contributed by atoms with E-state index in [4.69, 9.17) is 0 Å². The van der Waals surface area contributed by atoms with Crippen LogP contribution in [-0.2, 0) is 11.2 Å². The number of carbonyl (C=O) groups is 2. The number of pyridine rings is 2. The molecule has 0 saturated carbocycles. The van der Waals surface area contributed by atoms with Crippen molar-refractivity contribution >= 4 is 28.3 Å². The second kappa shape index (κ2) is 9.65. The minimum Gasteiger partial charge on any atom is -0.543 e. The number of carbonyl (C=O) groups excluding carboxylic acids is 2. The smallest absolute Gasteiger partial charge is 0.543 e. The van der Waals surface area contributed by atoms with Gasteiger partial charge in [0.1, 0.15) is 0 Å². The fraction of sp³-hybridized carbons (Fsp3) is 0.214. The molecule has 4 aromatic rings. The average Bonchev–Trinajstić information content (AvgIpc) is 2.85. The zero-order chi connectivity index (χ0) is 24.0. The Morgan fingerprint density at radius 2 is 1.80 bits per heavy atom. The van der Waals surface area contributed by atoms with Gasteiger partial charge in [-0.3, -0.25) is 14.8 Å². The van der Waals surface area contributed by atoms with Gasteiger partial charge in [0.05, 0.1) is 17.4 Å². The van der Waals surface area contributed by atoms with Crippen LogP contribution < -0.4 is 28.9 Å². The Kier molecular flexibility index (Phi) is 6.80. The number of aromatic carboxylic acids is 1. The molecule has 1 aliphatic rings. The Labute approximate surface area is 216 Å². The standard InChI is InChI=1S/C28H25N3O3.Li/c1-16(2)22-11-19(13-26-21(22)8-10-27(32)31(26)3)20-6-4-5-17-12-25(30-15-23(17)20)18-7-9-24(28(33)34)29-14-18;/h4-7,9,11-16H,8,10H2,1-3H3,(H,33,34);/q;+1/p-1. The molecule has 0 bridgehead atoms. The molecule has 0 saturated heterocycles. The molecule has 1 amide bonds. The van der Waals surface area contributed by atoms with E-state index in [1.807, 2.05) is 31.4 Å². The fourth-order valence-electron chi connectivity index (χ4n) is 4.70. The third-order valence-corrected chi connectivity index (χ3v) is 6.55. The molecule has 1 aliphatic heterocycles. The van der Waals surface area contributed by atoms with Crippen LogP contribution in [0.15, 0.2) is 60.9 Å². The van der Waals surface area contributed by atoms with Crippen molar-refractivity contribution in [3.8, 4) is 22.4 Å². The van der Waals surface area contributed by atoms with Gasteiger partial charge in [-0.05, 0) is 64.2 Å². The van der Waals surface area contributed by atoms with Gasteiger partial charge in [-0.2, -0.15) is 0 Å². The molecule has 2 aromatic heterocycles. The molecule has 5 rings (SSSR count). The molecule has 0 fully saturated rings. The van der Waals surface area contributed by atoms with Gasteiger partial charge in [-0.15, -0.1) is 0 Å². The Hall–Kier alpha value is -3.46. The number of carboxylic acids is 1. The summed E-state index contributed by atoms with van der Waals surface area (Å²) < 4.78 is 0. The van der Waals surface area contributed by atoms with Gasteiger partial charge in [0.2, 0.25) is 5.91 Å². The quantitative estimate of drug-likeness (QED) is 0.432. The first-order chi connectivity index (χ1) is 16.3. The van der Waals surface area contributed by atoms with Gasteiger partial charge < -0.3 is 14.8 Å². The van der Waals surface area contributed by atoms with E-state index in [1.54, 1.807) is 11.0 Å². The summed E-state index contributed by atoms with van der Waals surface area (Å²) in [5.74, 6) is -0.825. The molecule has 6 nitrogen and oxygen atoms in total. The fourth-order valence-corrected chi connectivity index (χ4v) is 4.70. The first-order valence-corrected chi connectivity index (χ1v) is 11.3. The number of nitrogens with zero attached hydrogens (tertiary/aromatic N) is 3. The van der Waals surface area contributed by atoms with Gasteiger partial charge >= 0.3 is 18.9 Å². The van der Waals surface area contributed by atoms with Gasteiger partial charge in [0.25, 0.3) is 0 Å². The number of aromatic nitrogens is 2. The van der Waals surface area contributed by atoms with Crippen LogP contribution in [0.2, 0.25) is 0 Å². The van der Waals surface area contributed by atoms with Crippen LogP contribution in [0.5, 0.6) is 0 Å². The molecule has 2 aromatic carbocycles. The summed E-state index contributed by atoms with van der Waals surface area (Å²) in [6.45, 7) is 4.37. The molecule has 35 heavy (non-hydrogen) atoms. The molecule has 7 heteroatoms. The maximum absolute atomic E-state index is 12.4. The largest absolute Gasteiger partial charge is 1.00 e. The zero-order valence-electron chi connectivity index (χ0n) is 20.3. The molecule has 3 heterocycles. The van der Waals surface area contributed by atoms with E-state index in [0.717, 1.165) is 39.6 Å². The predicted octanol–water partition coefficient (Wildman–Crippen LogP) is 1.36. The van der Waals surface area contributed by atoms with E-state index in [0.29, 0.717) is 18.0 Å². The summed E-state index contributed by atoms with van der Waals surface area (Å²) in [7, 11) is 1.85. The molecule has 0 radical (unpaired) electrons. The first-order valence-electron chi connectivity index (χ1n) is 11.3. The average molecular weight is 457 g/mol. The predicted molar refractivity (Wildman–Crippen MR) is 131 cm³/mol. The Bertz CT molecular complexity index is 1450. The number of fused-ring (bicyclic) bond motifs is 2. The molecule has 0 spiro atoms. The van der Waals surface area contributed by atoms with Crippen LogP contribution in [0.3, 0.4) is 0 Å². The van der Waals surface area contributed by atoms with Gasteiger partial charge in [0, 0.05) is 42.5 Å². The number of amides is 1. The molecular formula is C28H24LiN3O3. The summed E-state index contributed by atoms with van der Waals surface area (Å²) in [6, 6.07) is 15.6. The van der Waals surface area contributed by atoms with Crippen LogP contribution >= 0.6 is 0 Å². The summed E-state index contributed by atoms with van der Waals surface area (Å²) in [5.41, 5.74) is 6.96. The normalized spacial score (nSPS) is 13.0. The number of hydrogen-bond donors (Lipinski definition) is 0. The molecular weight excluding hydrogens is 433 g/mol. The number of hydrogen-bond acceptors (Lipinski definition) is 5. The van der Waals surface area contributed by atoms with Crippen LogP contribution in [0.1, 0.15) is 47.8 Å². The van der Waals surface area contributed by atoms with Crippen molar-refractivity contribution in [1.29, 1.82) is 0 Å². The van der Waals surface area contributed by atoms with Crippen LogP contribution in [0.25, 0.3) is 33.2 Å². The summed E-state index contributed by atoms with van der Waals surface area (Å²) in [4.78, 5) is 33.7. The zero-order valence-corrected chi connectivity index (χ0v) is 20.3. The van der Waals surface area contributed by atoms with E-state index in [-0.39, 0.29) is 30.5 Å². The van der Waals surface area contributed by atoms with Crippen molar-refractivity contribution < 1.29 is 33.6 Å². The Morgan fingerprint density at radius 3 is 2.49 bits per heavy atom. The van der Waals surface area contributed by atoms with E-state index >= 15 is 0 Å². The number of anilines is 1. The topological polar surface area (TPSA) is 86.2 Å². The maximum Gasteiger partial charge on any atom is 1.00 e. The molecule has 0 unspecified atom stereocenters. The van der Waals surface area contributed by atoms with Crippen LogP contribution in [-0.4, -0.2) is 28.9 Å². The Balaban J connectivity index is 0.00000289. The minimum absolute atomic E-state index is 0. The van der Waals surface area contributed by atoms with Crippen molar-refractivity contribution in [2.24, 2.45) is 0 Å². The third-order valence-electron chi connectivity index (χ3n) is 6.55. The summed E-state index contributed by atoms with van der Waals surface area (Å²) >= 11 is 0. The van der Waals surface area contributed by atoms with E-state index in [9.17, 15) is 14.7 Å². The summed E-state index contributed by atoms with van der Waals surface area (Å²) in [6.07, 6.45) is 4.66. The second-order valence-corrected chi connectivity index (χ2v) is 8.99. The van der Waals surface area contributed by atoms with Crippen LogP contribution in [0, 0.1) is 0 Å². The number of benzene rings is 2. The van der Waals surface area contributed by atoms with Crippen molar-refractivity contribution in [3.63, 3.8) is 0 Å². The number of carboxylic acid groups (broad SMARTS) is 1. The first kappa shape index (κ1) is 24.7. The minimum atomic E-state index is -1.30. The van der Waals surface area contributed by atoms with E-state index in [2.05, 4.69) is 42.0 Å². The van der Waals surface area contributed by atoms with Crippen molar-refractivity contribution in [1.82, 2.24) is 9.97 Å². The van der Waals surface area contributed by atoms with Crippen molar-refractivity contribution in [2.45, 2.75) is 32.6 Å². The SMILES string of the molecule is CC(C)c1cc(-c2cccc3cc(-c4ccc(C(=O)[O-])nc4)ncc23)cc2c1CCC(=O)N2C.[Li+]. The summed E-state index contributed by atoms with van der Waals surface area (Å²) in [5, 5.41) is 13.0. The maximum atomic E-state index is 12.4. The monoisotopic (exact) mass is 457 g/mol. The number of rotatable bonds is 4. The van der Waals surface area contributed by atoms with E-state index in [1.165, 1.54) is 23.4 Å². The third kappa shape index (κ3) is 4.48. The van der Waals surface area contributed by atoms with Crippen LogP contribution in [0.4, 0.5) is 5.69 Å².